The first kappa shape index (κ1) is 14.9. The predicted octanol–water partition coefficient (Wildman–Crippen LogP) is 4.01. The van der Waals surface area contributed by atoms with Gasteiger partial charge < -0.3 is 14.8 Å². The zero-order chi connectivity index (χ0) is 14.4. The minimum Gasteiger partial charge on any atom is -0.493 e. The molecule has 0 bridgehead atoms. The molecule has 1 unspecified atom stereocenters. The summed E-state index contributed by atoms with van der Waals surface area (Å²) < 4.78 is 11.1. The molecule has 0 radical (unpaired) electrons. The van der Waals surface area contributed by atoms with Gasteiger partial charge in [-0.05, 0) is 42.3 Å². The molecule has 0 fully saturated rings. The Bertz CT molecular complexity index is 525. The van der Waals surface area contributed by atoms with Crippen LogP contribution in [-0.2, 0) is 6.54 Å². The van der Waals surface area contributed by atoms with E-state index in [1.807, 2.05) is 19.1 Å². The van der Waals surface area contributed by atoms with Crippen molar-refractivity contribution in [2.75, 3.05) is 13.7 Å². The molecule has 0 spiro atoms. The molecule has 0 aliphatic heterocycles. The summed E-state index contributed by atoms with van der Waals surface area (Å²) in [5, 5.41) is 7.79. The summed E-state index contributed by atoms with van der Waals surface area (Å²) in [4.78, 5) is 0. The van der Waals surface area contributed by atoms with Crippen LogP contribution in [0, 0.1) is 0 Å². The first-order chi connectivity index (χ1) is 9.76. The standard InChI is InChI=1S/C16H21NO2S/c1-4-19-15-7-5-6-13(16(15)18-3)10-17-12(2)14-8-9-20-11-14/h5-9,11-12,17H,4,10H2,1-3H3. The van der Waals surface area contributed by atoms with Crippen molar-refractivity contribution < 1.29 is 9.47 Å². The lowest BCUT2D eigenvalue weighted by atomic mass is 10.1. The number of hydrogen-bond donors (Lipinski definition) is 1. The predicted molar refractivity (Wildman–Crippen MR) is 83.7 cm³/mol. The van der Waals surface area contributed by atoms with Crippen molar-refractivity contribution in [2.24, 2.45) is 0 Å². The third-order valence-electron chi connectivity index (χ3n) is 3.21. The Morgan fingerprint density at radius 3 is 2.80 bits per heavy atom. The fourth-order valence-corrected chi connectivity index (χ4v) is 2.86. The van der Waals surface area contributed by atoms with E-state index in [-0.39, 0.29) is 0 Å². The molecule has 0 aliphatic carbocycles. The Morgan fingerprint density at radius 1 is 1.30 bits per heavy atom. The van der Waals surface area contributed by atoms with Crippen LogP contribution in [0.15, 0.2) is 35.0 Å². The van der Waals surface area contributed by atoms with Gasteiger partial charge in [0.25, 0.3) is 0 Å². The van der Waals surface area contributed by atoms with Crippen LogP contribution >= 0.6 is 11.3 Å². The number of methoxy groups -OCH3 is 1. The summed E-state index contributed by atoms with van der Waals surface area (Å²) in [5.41, 5.74) is 2.43. The fourth-order valence-electron chi connectivity index (χ4n) is 2.10. The molecule has 20 heavy (non-hydrogen) atoms. The maximum Gasteiger partial charge on any atom is 0.165 e. The quantitative estimate of drug-likeness (QED) is 0.836. The second kappa shape index (κ2) is 7.31. The topological polar surface area (TPSA) is 30.5 Å². The van der Waals surface area contributed by atoms with Crippen molar-refractivity contribution in [2.45, 2.75) is 26.4 Å². The Hall–Kier alpha value is -1.52. The van der Waals surface area contributed by atoms with Gasteiger partial charge >= 0.3 is 0 Å². The van der Waals surface area contributed by atoms with Gasteiger partial charge in [0.2, 0.25) is 0 Å². The molecule has 1 heterocycles. The van der Waals surface area contributed by atoms with Crippen LogP contribution in [0.5, 0.6) is 11.5 Å². The van der Waals surface area contributed by atoms with Crippen LogP contribution in [-0.4, -0.2) is 13.7 Å². The van der Waals surface area contributed by atoms with Gasteiger partial charge in [0.15, 0.2) is 11.5 Å². The number of hydrogen-bond acceptors (Lipinski definition) is 4. The minimum atomic E-state index is 0.321. The second-order valence-corrected chi connectivity index (χ2v) is 5.32. The van der Waals surface area contributed by atoms with E-state index in [1.54, 1.807) is 18.4 Å². The van der Waals surface area contributed by atoms with Crippen LogP contribution in [0.1, 0.15) is 31.0 Å². The van der Waals surface area contributed by atoms with Gasteiger partial charge in [-0.3, -0.25) is 0 Å². The molecule has 0 saturated heterocycles. The Kier molecular flexibility index (Phi) is 5.44. The number of nitrogens with one attached hydrogen (secondary N) is 1. The van der Waals surface area contributed by atoms with Gasteiger partial charge in [-0.2, -0.15) is 11.3 Å². The lowest BCUT2D eigenvalue weighted by molar-refractivity contribution is 0.308. The van der Waals surface area contributed by atoms with Crippen LogP contribution in [0.2, 0.25) is 0 Å². The summed E-state index contributed by atoms with van der Waals surface area (Å²) in [6.45, 7) is 5.53. The van der Waals surface area contributed by atoms with Crippen molar-refractivity contribution in [3.63, 3.8) is 0 Å². The molecule has 0 saturated carbocycles. The van der Waals surface area contributed by atoms with Crippen molar-refractivity contribution in [1.82, 2.24) is 5.32 Å². The highest BCUT2D eigenvalue weighted by Crippen LogP contribution is 2.31. The molecular weight excluding hydrogens is 270 g/mol. The summed E-state index contributed by atoms with van der Waals surface area (Å²) in [5.74, 6) is 1.62. The van der Waals surface area contributed by atoms with E-state index < -0.39 is 0 Å². The molecule has 2 aromatic rings. The van der Waals surface area contributed by atoms with E-state index >= 15 is 0 Å². The maximum absolute atomic E-state index is 5.60. The molecule has 1 aromatic carbocycles. The summed E-state index contributed by atoms with van der Waals surface area (Å²) in [6.07, 6.45) is 0. The monoisotopic (exact) mass is 291 g/mol. The average molecular weight is 291 g/mol. The largest absolute Gasteiger partial charge is 0.493 e. The first-order valence-corrected chi connectivity index (χ1v) is 7.74. The fraction of sp³-hybridized carbons (Fsp3) is 0.375. The Labute approximate surface area is 124 Å². The molecule has 1 N–H and O–H groups in total. The third kappa shape index (κ3) is 3.52. The average Bonchev–Trinajstić information content (AvgIpc) is 2.99. The van der Waals surface area contributed by atoms with E-state index in [0.717, 1.165) is 23.6 Å². The minimum absolute atomic E-state index is 0.321. The van der Waals surface area contributed by atoms with Crippen LogP contribution < -0.4 is 14.8 Å². The summed E-state index contributed by atoms with van der Waals surface area (Å²) in [6, 6.07) is 8.47. The van der Waals surface area contributed by atoms with Crippen molar-refractivity contribution in [1.29, 1.82) is 0 Å². The van der Waals surface area contributed by atoms with Crippen molar-refractivity contribution >= 4 is 11.3 Å². The Balaban J connectivity index is 2.07. The van der Waals surface area contributed by atoms with Gasteiger partial charge in [-0.25, -0.2) is 0 Å². The van der Waals surface area contributed by atoms with E-state index in [9.17, 15) is 0 Å². The molecule has 1 atom stereocenters. The molecular formula is C16H21NO2S. The number of rotatable bonds is 7. The van der Waals surface area contributed by atoms with Gasteiger partial charge in [0, 0.05) is 18.2 Å². The van der Waals surface area contributed by atoms with Gasteiger partial charge in [-0.15, -0.1) is 0 Å². The summed E-state index contributed by atoms with van der Waals surface area (Å²) >= 11 is 1.72. The molecule has 3 nitrogen and oxygen atoms in total. The lowest BCUT2D eigenvalue weighted by Crippen LogP contribution is -2.18. The lowest BCUT2D eigenvalue weighted by Gasteiger charge is -2.16. The van der Waals surface area contributed by atoms with Gasteiger partial charge in [0.1, 0.15) is 0 Å². The van der Waals surface area contributed by atoms with E-state index in [2.05, 4.69) is 35.1 Å². The number of thiophene rings is 1. The third-order valence-corrected chi connectivity index (χ3v) is 3.91. The van der Waals surface area contributed by atoms with E-state index in [4.69, 9.17) is 9.47 Å². The summed E-state index contributed by atoms with van der Waals surface area (Å²) in [7, 11) is 1.68. The highest BCUT2D eigenvalue weighted by Gasteiger charge is 2.11. The molecule has 4 heteroatoms. The zero-order valence-electron chi connectivity index (χ0n) is 12.2. The number of ether oxygens (including phenoxy) is 2. The van der Waals surface area contributed by atoms with E-state index in [0.29, 0.717) is 12.6 Å². The molecule has 0 amide bonds. The Morgan fingerprint density at radius 2 is 2.15 bits per heavy atom. The molecule has 108 valence electrons. The van der Waals surface area contributed by atoms with Crippen molar-refractivity contribution in [3.8, 4) is 11.5 Å². The van der Waals surface area contributed by atoms with Gasteiger partial charge in [-0.1, -0.05) is 12.1 Å². The maximum atomic E-state index is 5.60. The highest BCUT2D eigenvalue weighted by atomic mass is 32.1. The first-order valence-electron chi connectivity index (χ1n) is 6.80. The van der Waals surface area contributed by atoms with Crippen LogP contribution in [0.4, 0.5) is 0 Å². The molecule has 0 aliphatic rings. The van der Waals surface area contributed by atoms with E-state index in [1.165, 1.54) is 5.56 Å². The zero-order valence-corrected chi connectivity index (χ0v) is 13.0. The SMILES string of the molecule is CCOc1cccc(CNC(C)c2ccsc2)c1OC. The molecule has 2 rings (SSSR count). The highest BCUT2D eigenvalue weighted by molar-refractivity contribution is 7.07. The van der Waals surface area contributed by atoms with Gasteiger partial charge in [0.05, 0.1) is 13.7 Å². The number of benzene rings is 1. The normalized spacial score (nSPS) is 12.2. The van der Waals surface area contributed by atoms with Crippen molar-refractivity contribution in [3.05, 3.63) is 46.2 Å². The smallest absolute Gasteiger partial charge is 0.165 e. The second-order valence-electron chi connectivity index (χ2n) is 4.54. The van der Waals surface area contributed by atoms with Crippen LogP contribution in [0.3, 0.4) is 0 Å². The van der Waals surface area contributed by atoms with Crippen LogP contribution in [0.25, 0.3) is 0 Å². The molecule has 1 aromatic heterocycles. The number of para-hydroxylation sites is 1.